The monoisotopic (exact) mass is 492 g/mol. The average Bonchev–Trinajstić information content (AvgIpc) is 3.28. The predicted molar refractivity (Wildman–Crippen MR) is 139 cm³/mol. The van der Waals surface area contributed by atoms with Gasteiger partial charge in [0.1, 0.15) is 29.8 Å². The normalized spacial score (nSPS) is 16.5. The Morgan fingerprint density at radius 3 is 2.17 bits per heavy atom. The van der Waals surface area contributed by atoms with E-state index in [1.807, 2.05) is 69.3 Å². The molecule has 8 nitrogen and oxygen atoms in total. The summed E-state index contributed by atoms with van der Waals surface area (Å²) in [5.41, 5.74) is 2.17. The van der Waals surface area contributed by atoms with E-state index < -0.39 is 5.91 Å². The topological polar surface area (TPSA) is 96.6 Å². The number of fused-ring (bicyclic) bond motifs is 1. The van der Waals surface area contributed by atoms with Crippen molar-refractivity contribution in [2.24, 2.45) is 16.0 Å². The van der Waals surface area contributed by atoms with E-state index in [1.165, 1.54) is 22.3 Å². The van der Waals surface area contributed by atoms with Crippen LogP contribution in [-0.2, 0) is 9.53 Å². The van der Waals surface area contributed by atoms with Gasteiger partial charge in [-0.1, -0.05) is 43.7 Å². The predicted octanol–water partition coefficient (Wildman–Crippen LogP) is 4.74. The number of amides is 1. The van der Waals surface area contributed by atoms with Crippen molar-refractivity contribution in [2.45, 2.75) is 20.8 Å². The molecule has 2 aromatic rings. The van der Waals surface area contributed by atoms with Crippen molar-refractivity contribution in [3.05, 3.63) is 65.2 Å². The Bertz CT molecular complexity index is 1170. The van der Waals surface area contributed by atoms with E-state index in [2.05, 4.69) is 10.1 Å². The lowest BCUT2D eigenvalue weighted by Crippen LogP contribution is -2.35. The van der Waals surface area contributed by atoms with Crippen LogP contribution in [0.25, 0.3) is 6.08 Å². The Morgan fingerprint density at radius 2 is 1.57 bits per heavy atom. The highest BCUT2D eigenvalue weighted by Gasteiger charge is 2.36. The number of rotatable bonds is 10. The molecule has 0 fully saturated rings. The first-order valence-corrected chi connectivity index (χ1v) is 12.2. The largest absolute Gasteiger partial charge is 0.491 e. The first-order chi connectivity index (χ1) is 16.9. The molecule has 1 N–H and O–H groups in total. The maximum atomic E-state index is 12.5. The van der Waals surface area contributed by atoms with Crippen molar-refractivity contribution in [3.63, 3.8) is 0 Å². The summed E-state index contributed by atoms with van der Waals surface area (Å²) in [6, 6.07) is 15.2. The molecule has 0 unspecified atom stereocenters. The van der Waals surface area contributed by atoms with Crippen LogP contribution in [0.1, 0.15) is 25.0 Å². The summed E-state index contributed by atoms with van der Waals surface area (Å²) in [4.78, 5) is 16.6. The molecule has 0 aliphatic carbocycles. The first kappa shape index (κ1) is 24.7. The molecule has 0 atom stereocenters. The van der Waals surface area contributed by atoms with Crippen molar-refractivity contribution >= 4 is 39.8 Å². The molecule has 2 aromatic carbocycles. The highest BCUT2D eigenvalue weighted by Crippen LogP contribution is 2.30. The van der Waals surface area contributed by atoms with Gasteiger partial charge in [-0.2, -0.15) is 15.1 Å². The number of thioether (sulfide) groups is 1. The summed E-state index contributed by atoms with van der Waals surface area (Å²) in [6.45, 7) is 7.89. The second-order valence-electron chi connectivity index (χ2n) is 8.30. The molecule has 4 rings (SSSR count). The fourth-order valence-electron chi connectivity index (χ4n) is 3.24. The minimum absolute atomic E-state index is 0.0342. The van der Waals surface area contributed by atoms with Gasteiger partial charge in [-0.15, -0.1) is 0 Å². The van der Waals surface area contributed by atoms with Crippen LogP contribution in [0, 0.1) is 18.3 Å². The number of nitrogens with one attached hydrogen (secondary N) is 1. The van der Waals surface area contributed by atoms with E-state index in [1.54, 1.807) is 6.08 Å². The standard InChI is InChI=1S/C26H28N4O4S/c1-17(2)25-29-30-23(27)22(24(31)28-26(30)35-25)16-19-6-10-21(11-7-19)34-15-13-32-12-14-33-20-8-4-18(3)5-9-20/h4-11,16-17,27H,12-15H2,1-3H3/b22-16+,27-23?. The van der Waals surface area contributed by atoms with E-state index in [0.29, 0.717) is 37.3 Å². The first-order valence-electron chi connectivity index (χ1n) is 11.4. The Hall–Kier alpha value is -3.43. The van der Waals surface area contributed by atoms with Crippen LogP contribution in [0.4, 0.5) is 0 Å². The van der Waals surface area contributed by atoms with Crippen LogP contribution in [0.3, 0.4) is 0 Å². The number of carbonyl (C=O) groups excluding carboxylic acids is 1. The quantitative estimate of drug-likeness (QED) is 0.380. The smallest absolute Gasteiger partial charge is 0.283 e. The number of ether oxygens (including phenoxy) is 3. The van der Waals surface area contributed by atoms with Gasteiger partial charge in [-0.05, 0) is 54.6 Å². The maximum absolute atomic E-state index is 12.5. The van der Waals surface area contributed by atoms with Crippen LogP contribution in [0.15, 0.2) is 64.2 Å². The zero-order valence-electron chi connectivity index (χ0n) is 20.0. The van der Waals surface area contributed by atoms with Crippen LogP contribution < -0.4 is 9.47 Å². The third kappa shape index (κ3) is 6.37. The molecular formula is C26H28N4O4S. The van der Waals surface area contributed by atoms with Gasteiger partial charge < -0.3 is 14.2 Å². The molecule has 2 heterocycles. The van der Waals surface area contributed by atoms with E-state index in [-0.39, 0.29) is 17.3 Å². The lowest BCUT2D eigenvalue weighted by atomic mass is 10.1. The summed E-state index contributed by atoms with van der Waals surface area (Å²) in [5.74, 6) is 1.33. The second kappa shape index (κ2) is 11.3. The van der Waals surface area contributed by atoms with Gasteiger partial charge in [0.05, 0.1) is 18.8 Å². The molecular weight excluding hydrogens is 464 g/mol. The molecule has 0 radical (unpaired) electrons. The van der Waals surface area contributed by atoms with Crippen molar-refractivity contribution in [1.82, 2.24) is 5.01 Å². The minimum atomic E-state index is -0.433. The molecule has 9 heteroatoms. The fraction of sp³-hybridized carbons (Fsp3) is 0.308. The zero-order chi connectivity index (χ0) is 24.8. The lowest BCUT2D eigenvalue weighted by Gasteiger charge is -2.20. The molecule has 2 aliphatic rings. The van der Waals surface area contributed by atoms with Crippen LogP contribution in [0.2, 0.25) is 0 Å². The van der Waals surface area contributed by atoms with Crippen molar-refractivity contribution in [3.8, 4) is 11.5 Å². The lowest BCUT2D eigenvalue weighted by molar-refractivity contribution is -0.114. The number of nitrogens with zero attached hydrogens (tertiary/aromatic N) is 3. The molecule has 0 saturated heterocycles. The van der Waals surface area contributed by atoms with Crippen LogP contribution >= 0.6 is 11.8 Å². The van der Waals surface area contributed by atoms with Gasteiger partial charge >= 0.3 is 0 Å². The summed E-state index contributed by atoms with van der Waals surface area (Å²) >= 11 is 1.34. The number of hydrazone groups is 1. The summed E-state index contributed by atoms with van der Waals surface area (Å²) in [6.07, 6.45) is 1.65. The van der Waals surface area contributed by atoms with Gasteiger partial charge in [0.15, 0.2) is 5.84 Å². The Morgan fingerprint density at radius 1 is 0.971 bits per heavy atom. The number of aryl methyl sites for hydroxylation is 1. The van der Waals surface area contributed by atoms with Gasteiger partial charge in [0.25, 0.3) is 5.91 Å². The van der Waals surface area contributed by atoms with Crippen LogP contribution in [0.5, 0.6) is 11.5 Å². The van der Waals surface area contributed by atoms with Crippen molar-refractivity contribution in [1.29, 1.82) is 5.41 Å². The third-order valence-corrected chi connectivity index (χ3v) is 6.38. The highest BCUT2D eigenvalue weighted by atomic mass is 32.2. The highest BCUT2D eigenvalue weighted by molar-refractivity contribution is 8.27. The van der Waals surface area contributed by atoms with Crippen molar-refractivity contribution < 1.29 is 19.0 Å². The number of benzene rings is 2. The number of hydrogen-bond acceptors (Lipinski definition) is 7. The van der Waals surface area contributed by atoms with Gasteiger partial charge in [0.2, 0.25) is 5.17 Å². The Labute approximate surface area is 209 Å². The zero-order valence-corrected chi connectivity index (χ0v) is 20.8. The Kier molecular flexibility index (Phi) is 7.99. The molecule has 0 bridgehead atoms. The second-order valence-corrected chi connectivity index (χ2v) is 9.29. The summed E-state index contributed by atoms with van der Waals surface area (Å²) in [7, 11) is 0. The maximum Gasteiger partial charge on any atom is 0.283 e. The number of aliphatic imine (C=N–C) groups is 1. The van der Waals surface area contributed by atoms with E-state index in [0.717, 1.165) is 16.4 Å². The number of hydrogen-bond donors (Lipinski definition) is 1. The van der Waals surface area contributed by atoms with Gasteiger partial charge in [0, 0.05) is 5.92 Å². The number of carbonyl (C=O) groups is 1. The van der Waals surface area contributed by atoms with Crippen molar-refractivity contribution in [2.75, 3.05) is 26.4 Å². The van der Waals surface area contributed by atoms with E-state index in [9.17, 15) is 4.79 Å². The average molecular weight is 493 g/mol. The third-order valence-electron chi connectivity index (χ3n) is 5.17. The fourth-order valence-corrected chi connectivity index (χ4v) is 4.13. The van der Waals surface area contributed by atoms with E-state index >= 15 is 0 Å². The van der Waals surface area contributed by atoms with E-state index in [4.69, 9.17) is 19.6 Å². The molecule has 0 saturated carbocycles. The molecule has 0 aromatic heterocycles. The summed E-state index contributed by atoms with van der Waals surface area (Å²) < 4.78 is 16.9. The van der Waals surface area contributed by atoms with Crippen LogP contribution in [-0.4, -0.2) is 53.4 Å². The van der Waals surface area contributed by atoms with Gasteiger partial charge in [-0.25, -0.2) is 0 Å². The molecule has 35 heavy (non-hydrogen) atoms. The molecule has 1 amide bonds. The Balaban J connectivity index is 1.23. The summed E-state index contributed by atoms with van der Waals surface area (Å²) in [5, 5.41) is 15.6. The molecule has 182 valence electrons. The molecule has 0 spiro atoms. The molecule has 2 aliphatic heterocycles. The number of amidine groups is 2. The SMILES string of the molecule is Cc1ccc(OCCOCCOc2ccc(/C=C3\C(=N)N4N=C(C(C)C)SC4=NC3=O)cc2)cc1. The van der Waals surface area contributed by atoms with Gasteiger partial charge in [-0.3, -0.25) is 10.2 Å². The minimum Gasteiger partial charge on any atom is -0.491 e.